The highest BCUT2D eigenvalue weighted by atomic mass is 32.2. The molecule has 84 valence electrons. The molecule has 2 atom stereocenters. The molecule has 0 bridgehead atoms. The first-order valence-corrected chi connectivity index (χ1v) is 6.64. The van der Waals surface area contributed by atoms with Crippen LogP contribution in [0.2, 0.25) is 0 Å². The van der Waals surface area contributed by atoms with Gasteiger partial charge in [-0.1, -0.05) is 0 Å². The molecule has 0 aliphatic carbocycles. The maximum Gasteiger partial charge on any atom is 0.240 e. The quantitative estimate of drug-likeness (QED) is 0.669. The van der Waals surface area contributed by atoms with Crippen LogP contribution in [0.4, 0.5) is 0 Å². The van der Waals surface area contributed by atoms with Gasteiger partial charge in [0.1, 0.15) is 0 Å². The molecule has 5 nitrogen and oxygen atoms in total. The summed E-state index contributed by atoms with van der Waals surface area (Å²) in [7, 11) is -1.33. The molecule has 6 heteroatoms. The number of likely N-dealkylation sites (tertiary alicyclic amines) is 1. The number of hydrogen-bond donors (Lipinski definition) is 1. The lowest BCUT2D eigenvalue weighted by molar-refractivity contribution is -0.130. The zero-order valence-electron chi connectivity index (χ0n) is 8.51. The van der Waals surface area contributed by atoms with Crippen LogP contribution >= 0.6 is 0 Å². The molecule has 0 radical (unpaired) electrons. The summed E-state index contributed by atoms with van der Waals surface area (Å²) in [5.74, 6) is 0.0408. The normalized spacial score (nSPS) is 33.9. The Kier molecular flexibility index (Phi) is 2.56. The summed E-state index contributed by atoms with van der Waals surface area (Å²) in [5, 5.41) is 4.13. The minimum atomic E-state index is -3.08. The predicted octanol–water partition coefficient (Wildman–Crippen LogP) is -0.883. The van der Waals surface area contributed by atoms with Crippen molar-refractivity contribution in [3.05, 3.63) is 11.5 Å². The molecule has 2 rings (SSSR count). The molecule has 2 heterocycles. The molecule has 1 amide bonds. The van der Waals surface area contributed by atoms with E-state index >= 15 is 0 Å². The van der Waals surface area contributed by atoms with Crippen molar-refractivity contribution in [1.82, 2.24) is 10.2 Å². The third-order valence-electron chi connectivity index (χ3n) is 2.90. The van der Waals surface area contributed by atoms with Gasteiger partial charge >= 0.3 is 0 Å². The van der Waals surface area contributed by atoms with Crippen LogP contribution in [0.3, 0.4) is 0 Å². The molecule has 2 unspecified atom stereocenters. The van der Waals surface area contributed by atoms with Crippen molar-refractivity contribution < 1.29 is 13.2 Å². The second kappa shape index (κ2) is 3.61. The Morgan fingerprint density at radius 3 is 2.73 bits per heavy atom. The molecule has 2 aliphatic rings. The second-order valence-corrected chi connectivity index (χ2v) is 5.82. The van der Waals surface area contributed by atoms with E-state index in [4.69, 9.17) is 0 Å². The number of amides is 1. The van der Waals surface area contributed by atoms with Crippen LogP contribution in [-0.4, -0.2) is 50.7 Å². The summed E-state index contributed by atoms with van der Waals surface area (Å²) in [6, 6.07) is -0.414. The van der Waals surface area contributed by atoms with Crippen LogP contribution in [-0.2, 0) is 14.6 Å². The Labute approximate surface area is 89.1 Å². The van der Waals surface area contributed by atoms with Crippen LogP contribution in [0.5, 0.6) is 0 Å². The first-order chi connectivity index (χ1) is 7.03. The third-order valence-corrected chi connectivity index (χ3v) is 4.28. The van der Waals surface area contributed by atoms with Gasteiger partial charge < -0.3 is 10.2 Å². The summed E-state index contributed by atoms with van der Waals surface area (Å²) >= 11 is 0. The monoisotopic (exact) mass is 230 g/mol. The Balaban J connectivity index is 2.09. The fraction of sp³-hybridized carbons (Fsp3) is 0.667. The van der Waals surface area contributed by atoms with E-state index in [2.05, 4.69) is 5.32 Å². The van der Waals surface area contributed by atoms with Gasteiger partial charge in [-0.25, -0.2) is 8.42 Å². The minimum Gasteiger partial charge on any atom is -0.334 e. The summed E-state index contributed by atoms with van der Waals surface area (Å²) in [6.07, 6.45) is 2.35. The van der Waals surface area contributed by atoms with Gasteiger partial charge in [0.25, 0.3) is 0 Å². The Morgan fingerprint density at radius 1 is 1.53 bits per heavy atom. The maximum atomic E-state index is 11.8. The van der Waals surface area contributed by atoms with Gasteiger partial charge in [-0.05, 0) is 19.5 Å². The summed E-state index contributed by atoms with van der Waals surface area (Å²) < 4.78 is 22.4. The molecule has 1 fully saturated rings. The lowest BCUT2D eigenvalue weighted by Gasteiger charge is -2.21. The molecule has 0 spiro atoms. The largest absolute Gasteiger partial charge is 0.334 e. The molecule has 0 saturated carbocycles. The highest BCUT2D eigenvalue weighted by Crippen LogP contribution is 2.20. The van der Waals surface area contributed by atoms with E-state index in [0.29, 0.717) is 6.54 Å². The summed E-state index contributed by atoms with van der Waals surface area (Å²) in [6.45, 7) is 0.634. The van der Waals surface area contributed by atoms with Gasteiger partial charge in [-0.3, -0.25) is 4.79 Å². The number of likely N-dealkylation sites (N-methyl/N-ethyl adjacent to an activating group) is 1. The third kappa shape index (κ3) is 1.91. The van der Waals surface area contributed by atoms with E-state index in [1.54, 1.807) is 18.0 Å². The van der Waals surface area contributed by atoms with E-state index in [-0.39, 0.29) is 23.7 Å². The Hall–Kier alpha value is -0.880. The first-order valence-electron chi connectivity index (χ1n) is 4.92. The van der Waals surface area contributed by atoms with Crippen LogP contribution < -0.4 is 5.32 Å². The first kappa shape index (κ1) is 10.6. The van der Waals surface area contributed by atoms with Crippen LogP contribution in [0.25, 0.3) is 0 Å². The van der Waals surface area contributed by atoms with Gasteiger partial charge in [-0.15, -0.1) is 0 Å². The average Bonchev–Trinajstić information content (AvgIpc) is 2.69. The van der Waals surface area contributed by atoms with Crippen LogP contribution in [0, 0.1) is 0 Å². The minimum absolute atomic E-state index is 0.00394. The number of carbonyl (C=O) groups is 1. The van der Waals surface area contributed by atoms with Gasteiger partial charge in [0.05, 0.1) is 17.8 Å². The molecule has 1 N–H and O–H groups in total. The number of hydrogen-bond acceptors (Lipinski definition) is 4. The molecular weight excluding hydrogens is 216 g/mol. The SMILES string of the molecule is CNC1CCN(C2C=CS(=O)(=O)C2)C1=O. The van der Waals surface area contributed by atoms with Crippen LogP contribution in [0.1, 0.15) is 6.42 Å². The van der Waals surface area contributed by atoms with E-state index in [1.807, 2.05) is 0 Å². The van der Waals surface area contributed by atoms with Crippen molar-refractivity contribution in [2.24, 2.45) is 0 Å². The highest BCUT2D eigenvalue weighted by Gasteiger charge is 2.37. The average molecular weight is 230 g/mol. The second-order valence-electron chi connectivity index (χ2n) is 3.89. The fourth-order valence-electron chi connectivity index (χ4n) is 2.05. The molecule has 0 aromatic rings. The number of sulfone groups is 1. The summed E-state index contributed by atoms with van der Waals surface area (Å²) in [5.41, 5.74) is 0. The molecule has 1 saturated heterocycles. The fourth-order valence-corrected chi connectivity index (χ4v) is 3.35. The van der Waals surface area contributed by atoms with E-state index in [1.165, 1.54) is 5.41 Å². The zero-order valence-corrected chi connectivity index (χ0v) is 9.33. The Bertz CT molecular complexity index is 402. The lowest BCUT2D eigenvalue weighted by Crippen LogP contribution is -2.42. The molecule has 0 aromatic carbocycles. The van der Waals surface area contributed by atoms with Crippen molar-refractivity contribution >= 4 is 15.7 Å². The predicted molar refractivity (Wildman–Crippen MR) is 55.9 cm³/mol. The molecule has 0 aromatic heterocycles. The maximum absolute atomic E-state index is 11.8. The number of nitrogens with one attached hydrogen (secondary N) is 1. The standard InChI is InChI=1S/C9H14N2O3S/c1-10-8-2-4-11(9(8)12)7-3-5-15(13,14)6-7/h3,5,7-8,10H,2,4,6H2,1H3. The number of nitrogens with zero attached hydrogens (tertiary/aromatic N) is 1. The smallest absolute Gasteiger partial charge is 0.240 e. The van der Waals surface area contributed by atoms with Gasteiger partial charge in [0.15, 0.2) is 9.84 Å². The van der Waals surface area contributed by atoms with Crippen molar-refractivity contribution in [1.29, 1.82) is 0 Å². The zero-order chi connectivity index (χ0) is 11.1. The molecule has 15 heavy (non-hydrogen) atoms. The summed E-state index contributed by atoms with van der Waals surface area (Å²) in [4.78, 5) is 13.4. The van der Waals surface area contributed by atoms with E-state index < -0.39 is 9.84 Å². The van der Waals surface area contributed by atoms with Crippen molar-refractivity contribution in [3.8, 4) is 0 Å². The van der Waals surface area contributed by atoms with Gasteiger partial charge in [-0.2, -0.15) is 0 Å². The molecule has 2 aliphatic heterocycles. The van der Waals surface area contributed by atoms with Crippen LogP contribution in [0.15, 0.2) is 11.5 Å². The lowest BCUT2D eigenvalue weighted by atomic mass is 10.2. The van der Waals surface area contributed by atoms with E-state index in [0.717, 1.165) is 6.42 Å². The van der Waals surface area contributed by atoms with Crippen molar-refractivity contribution in [2.75, 3.05) is 19.3 Å². The number of rotatable bonds is 2. The number of carbonyl (C=O) groups excluding carboxylic acids is 1. The van der Waals surface area contributed by atoms with E-state index in [9.17, 15) is 13.2 Å². The molecular formula is C9H14N2O3S. The van der Waals surface area contributed by atoms with Crippen molar-refractivity contribution in [3.63, 3.8) is 0 Å². The topological polar surface area (TPSA) is 66.5 Å². The van der Waals surface area contributed by atoms with Crippen molar-refractivity contribution in [2.45, 2.75) is 18.5 Å². The highest BCUT2D eigenvalue weighted by molar-refractivity contribution is 7.94. The van der Waals surface area contributed by atoms with Gasteiger partial charge in [0.2, 0.25) is 5.91 Å². The Morgan fingerprint density at radius 2 is 2.27 bits per heavy atom. The van der Waals surface area contributed by atoms with Gasteiger partial charge in [0, 0.05) is 12.0 Å².